The molecule has 19 heavy (non-hydrogen) atoms. The van der Waals surface area contributed by atoms with E-state index < -0.39 is 0 Å². The van der Waals surface area contributed by atoms with Gasteiger partial charge >= 0.3 is 0 Å². The van der Waals surface area contributed by atoms with Crippen LogP contribution in [-0.2, 0) is 6.42 Å². The average molecular weight is 249 g/mol. The van der Waals surface area contributed by atoms with Gasteiger partial charge in [-0.15, -0.1) is 0 Å². The highest BCUT2D eigenvalue weighted by molar-refractivity contribution is 5.73. The van der Waals surface area contributed by atoms with Crippen LogP contribution in [0.4, 0.5) is 0 Å². The molecule has 3 rings (SSSR count). The predicted molar refractivity (Wildman–Crippen MR) is 81.7 cm³/mol. The highest BCUT2D eigenvalue weighted by Crippen LogP contribution is 2.27. The molecule has 0 atom stereocenters. The van der Waals surface area contributed by atoms with Crippen molar-refractivity contribution >= 4 is 5.52 Å². The third-order valence-electron chi connectivity index (χ3n) is 3.77. The Morgan fingerprint density at radius 3 is 2.58 bits per heavy atom. The first-order valence-electron chi connectivity index (χ1n) is 6.85. The second kappa shape index (κ2) is 4.58. The van der Waals surface area contributed by atoms with Crippen LogP contribution < -0.4 is 0 Å². The topological polar surface area (TPSA) is 4.41 Å². The van der Waals surface area contributed by atoms with E-state index in [1.807, 2.05) is 0 Å². The van der Waals surface area contributed by atoms with Gasteiger partial charge in [-0.1, -0.05) is 36.8 Å². The summed E-state index contributed by atoms with van der Waals surface area (Å²) in [5, 5.41) is 0. The summed E-state index contributed by atoms with van der Waals surface area (Å²) in [5.74, 6) is 0. The fourth-order valence-corrected chi connectivity index (χ4v) is 2.56. The minimum absolute atomic E-state index is 1.08. The molecule has 0 spiro atoms. The summed E-state index contributed by atoms with van der Waals surface area (Å²) < 4.78 is 2.23. The van der Waals surface area contributed by atoms with Gasteiger partial charge in [0.2, 0.25) is 0 Å². The van der Waals surface area contributed by atoms with Crippen LogP contribution in [0.25, 0.3) is 16.6 Å². The van der Waals surface area contributed by atoms with Gasteiger partial charge in [0.1, 0.15) is 0 Å². The summed E-state index contributed by atoms with van der Waals surface area (Å²) in [7, 11) is 0. The van der Waals surface area contributed by atoms with Gasteiger partial charge in [0.05, 0.1) is 0 Å². The molecule has 0 bridgehead atoms. The molecular weight excluding hydrogens is 230 g/mol. The van der Waals surface area contributed by atoms with Gasteiger partial charge in [-0.3, -0.25) is 0 Å². The van der Waals surface area contributed by atoms with E-state index >= 15 is 0 Å². The van der Waals surface area contributed by atoms with Gasteiger partial charge in [0, 0.05) is 23.5 Å². The fraction of sp³-hybridized carbons (Fsp3) is 0.222. The third-order valence-corrected chi connectivity index (χ3v) is 3.77. The first-order valence-corrected chi connectivity index (χ1v) is 6.85. The number of pyridine rings is 1. The van der Waals surface area contributed by atoms with E-state index in [0.717, 1.165) is 6.42 Å². The average Bonchev–Trinajstić information content (AvgIpc) is 2.83. The minimum Gasteiger partial charge on any atom is -0.323 e. The Kier molecular flexibility index (Phi) is 2.90. The lowest BCUT2D eigenvalue weighted by Gasteiger charge is -2.04. The maximum atomic E-state index is 2.27. The second-order valence-corrected chi connectivity index (χ2v) is 5.27. The van der Waals surface area contributed by atoms with E-state index in [-0.39, 0.29) is 0 Å². The second-order valence-electron chi connectivity index (χ2n) is 5.27. The maximum absolute atomic E-state index is 2.27. The van der Waals surface area contributed by atoms with Crippen molar-refractivity contribution in [3.63, 3.8) is 0 Å². The molecule has 0 aliphatic rings. The molecule has 0 saturated carbocycles. The van der Waals surface area contributed by atoms with E-state index in [1.54, 1.807) is 0 Å². The molecule has 0 fully saturated rings. The summed E-state index contributed by atoms with van der Waals surface area (Å²) in [6.45, 7) is 6.51. The Morgan fingerprint density at radius 2 is 1.79 bits per heavy atom. The summed E-state index contributed by atoms with van der Waals surface area (Å²) in [5.41, 5.74) is 7.90. The summed E-state index contributed by atoms with van der Waals surface area (Å²) >= 11 is 0. The van der Waals surface area contributed by atoms with E-state index in [9.17, 15) is 0 Å². The minimum atomic E-state index is 1.08. The van der Waals surface area contributed by atoms with Crippen molar-refractivity contribution in [2.45, 2.75) is 27.2 Å². The van der Waals surface area contributed by atoms with E-state index in [2.05, 4.69) is 74.0 Å². The molecule has 0 unspecified atom stereocenters. The van der Waals surface area contributed by atoms with Crippen LogP contribution in [0.2, 0.25) is 0 Å². The number of benzene rings is 1. The van der Waals surface area contributed by atoms with E-state index in [1.165, 1.54) is 33.3 Å². The smallest absolute Gasteiger partial charge is 0.0456 e. The zero-order chi connectivity index (χ0) is 13.4. The lowest BCUT2D eigenvalue weighted by molar-refractivity contribution is 1.07. The first-order chi connectivity index (χ1) is 9.17. The van der Waals surface area contributed by atoms with Crippen molar-refractivity contribution < 1.29 is 0 Å². The van der Waals surface area contributed by atoms with Crippen LogP contribution in [0.3, 0.4) is 0 Å². The number of fused-ring (bicyclic) bond motifs is 1. The van der Waals surface area contributed by atoms with Gasteiger partial charge in [0.15, 0.2) is 0 Å². The molecule has 1 nitrogen and oxygen atoms in total. The van der Waals surface area contributed by atoms with Gasteiger partial charge < -0.3 is 4.40 Å². The lowest BCUT2D eigenvalue weighted by Crippen LogP contribution is -1.86. The molecule has 0 amide bonds. The molecule has 2 aromatic heterocycles. The SMILES string of the molecule is CCc1ccc2cc(-c3cc(C)ccc3C)cn2c1. The Hall–Kier alpha value is -2.02. The van der Waals surface area contributed by atoms with Crippen molar-refractivity contribution in [1.82, 2.24) is 4.40 Å². The van der Waals surface area contributed by atoms with Crippen LogP contribution in [0.15, 0.2) is 48.8 Å². The first kappa shape index (κ1) is 12.0. The van der Waals surface area contributed by atoms with Gasteiger partial charge in [0.25, 0.3) is 0 Å². The van der Waals surface area contributed by atoms with Crippen molar-refractivity contribution in [2.24, 2.45) is 0 Å². The number of hydrogen-bond acceptors (Lipinski definition) is 0. The Morgan fingerprint density at radius 1 is 0.947 bits per heavy atom. The molecule has 0 saturated heterocycles. The lowest BCUT2D eigenvalue weighted by atomic mass is 10.0. The predicted octanol–water partition coefficient (Wildman–Crippen LogP) is 4.79. The number of rotatable bonds is 2. The largest absolute Gasteiger partial charge is 0.323 e. The molecule has 0 N–H and O–H groups in total. The van der Waals surface area contributed by atoms with E-state index in [4.69, 9.17) is 0 Å². The molecular formula is C18H19N. The molecule has 1 heteroatoms. The zero-order valence-electron chi connectivity index (χ0n) is 11.8. The van der Waals surface area contributed by atoms with Crippen molar-refractivity contribution in [3.8, 4) is 11.1 Å². The van der Waals surface area contributed by atoms with Crippen LogP contribution in [-0.4, -0.2) is 4.40 Å². The molecule has 0 radical (unpaired) electrons. The number of aromatic nitrogens is 1. The molecule has 0 aliphatic carbocycles. The van der Waals surface area contributed by atoms with Gasteiger partial charge in [-0.25, -0.2) is 0 Å². The zero-order valence-corrected chi connectivity index (χ0v) is 11.8. The number of hydrogen-bond donors (Lipinski definition) is 0. The quantitative estimate of drug-likeness (QED) is 0.615. The summed E-state index contributed by atoms with van der Waals surface area (Å²) in [6, 6.07) is 13.3. The molecule has 2 heterocycles. The summed E-state index contributed by atoms with van der Waals surface area (Å²) in [4.78, 5) is 0. The van der Waals surface area contributed by atoms with Crippen LogP contribution in [0.1, 0.15) is 23.6 Å². The van der Waals surface area contributed by atoms with Crippen molar-refractivity contribution in [3.05, 3.63) is 65.5 Å². The van der Waals surface area contributed by atoms with Crippen molar-refractivity contribution in [2.75, 3.05) is 0 Å². The standard InChI is InChI=1S/C18H19N/c1-4-15-7-8-17-10-16(12-19(17)11-15)18-9-13(2)5-6-14(18)3/h5-12H,4H2,1-3H3. The monoisotopic (exact) mass is 249 g/mol. The third kappa shape index (κ3) is 2.17. The Bertz CT molecular complexity index is 735. The van der Waals surface area contributed by atoms with Gasteiger partial charge in [-0.2, -0.15) is 0 Å². The number of nitrogens with zero attached hydrogens (tertiary/aromatic N) is 1. The molecule has 0 aliphatic heterocycles. The molecule has 3 aromatic rings. The van der Waals surface area contributed by atoms with Crippen molar-refractivity contribution in [1.29, 1.82) is 0 Å². The molecule has 1 aromatic carbocycles. The van der Waals surface area contributed by atoms with Gasteiger partial charge in [-0.05, 0) is 49.1 Å². The fourth-order valence-electron chi connectivity index (χ4n) is 2.56. The molecule has 96 valence electrons. The Labute approximate surface area is 114 Å². The Balaban J connectivity index is 2.17. The van der Waals surface area contributed by atoms with E-state index in [0.29, 0.717) is 0 Å². The normalized spacial score (nSPS) is 11.1. The van der Waals surface area contributed by atoms with Crippen LogP contribution >= 0.6 is 0 Å². The summed E-state index contributed by atoms with van der Waals surface area (Å²) in [6.07, 6.45) is 5.53. The van der Waals surface area contributed by atoms with Crippen LogP contribution in [0.5, 0.6) is 0 Å². The van der Waals surface area contributed by atoms with Crippen LogP contribution in [0, 0.1) is 13.8 Å². The number of aryl methyl sites for hydroxylation is 3. The highest BCUT2D eigenvalue weighted by atomic mass is 14.9. The highest BCUT2D eigenvalue weighted by Gasteiger charge is 2.06. The maximum Gasteiger partial charge on any atom is 0.0456 e.